The first-order chi connectivity index (χ1) is 16.3. The lowest BCUT2D eigenvalue weighted by Crippen LogP contribution is -2.29. The monoisotopic (exact) mass is 477 g/mol. The Balaban J connectivity index is 1.67. The lowest BCUT2D eigenvalue weighted by atomic mass is 10.1. The van der Waals surface area contributed by atoms with Gasteiger partial charge in [0.15, 0.2) is 5.69 Å². The van der Waals surface area contributed by atoms with Crippen LogP contribution in [0.4, 0.5) is 5.69 Å². The van der Waals surface area contributed by atoms with E-state index in [1.165, 1.54) is 10.7 Å². The zero-order chi connectivity index (χ0) is 24.2. The third-order valence-electron chi connectivity index (χ3n) is 4.91. The molecular formula is C23H16ClN5O5. The van der Waals surface area contributed by atoms with Crippen LogP contribution >= 0.6 is 11.6 Å². The summed E-state index contributed by atoms with van der Waals surface area (Å²) in [5.74, 6) is -1.36. The van der Waals surface area contributed by atoms with Crippen LogP contribution in [0, 0.1) is 10.1 Å². The van der Waals surface area contributed by atoms with Crippen LogP contribution in [0.15, 0.2) is 76.6 Å². The van der Waals surface area contributed by atoms with Gasteiger partial charge in [-0.15, -0.1) is 0 Å². The van der Waals surface area contributed by atoms with E-state index in [4.69, 9.17) is 11.6 Å². The van der Waals surface area contributed by atoms with Crippen LogP contribution in [-0.4, -0.2) is 31.9 Å². The molecule has 0 saturated heterocycles. The quantitative estimate of drug-likeness (QED) is 0.247. The van der Waals surface area contributed by atoms with Crippen LogP contribution in [0.1, 0.15) is 21.6 Å². The summed E-state index contributed by atoms with van der Waals surface area (Å²) in [6.45, 7) is 0.161. The summed E-state index contributed by atoms with van der Waals surface area (Å²) < 4.78 is 1.20. The molecule has 0 aliphatic heterocycles. The molecule has 0 fully saturated rings. The number of halogens is 1. The molecule has 0 bridgehead atoms. The molecule has 1 heterocycles. The van der Waals surface area contributed by atoms with E-state index in [0.717, 1.165) is 17.8 Å². The second kappa shape index (κ2) is 9.51. The first-order valence-corrected chi connectivity index (χ1v) is 10.3. The zero-order valence-electron chi connectivity index (χ0n) is 17.4. The highest BCUT2D eigenvalue weighted by Gasteiger charge is 2.19. The van der Waals surface area contributed by atoms with Crippen molar-refractivity contribution in [3.63, 3.8) is 0 Å². The predicted molar refractivity (Wildman–Crippen MR) is 126 cm³/mol. The number of phenols is 1. The number of benzene rings is 3. The zero-order valence-corrected chi connectivity index (χ0v) is 18.1. The second-order valence-electron chi connectivity index (χ2n) is 7.16. The van der Waals surface area contributed by atoms with E-state index in [2.05, 4.69) is 15.6 Å². The van der Waals surface area contributed by atoms with Gasteiger partial charge in [-0.05, 0) is 17.7 Å². The van der Waals surface area contributed by atoms with Gasteiger partial charge in [0.1, 0.15) is 0 Å². The predicted octanol–water partition coefficient (Wildman–Crippen LogP) is 3.48. The number of amides is 1. The highest BCUT2D eigenvalue weighted by molar-refractivity contribution is 6.31. The van der Waals surface area contributed by atoms with Crippen LogP contribution < -0.4 is 11.0 Å². The van der Waals surface area contributed by atoms with Crippen LogP contribution in [0.5, 0.6) is 5.75 Å². The van der Waals surface area contributed by atoms with Crippen molar-refractivity contribution in [3.8, 4) is 5.75 Å². The topological polar surface area (TPSA) is 140 Å². The van der Waals surface area contributed by atoms with Crippen molar-refractivity contribution in [3.05, 3.63) is 109 Å². The van der Waals surface area contributed by atoms with Gasteiger partial charge in [0, 0.05) is 22.0 Å². The molecule has 0 spiro atoms. The molecule has 0 unspecified atom stereocenters. The summed E-state index contributed by atoms with van der Waals surface area (Å²) in [6.07, 6.45) is 1.02. The molecule has 4 rings (SSSR count). The van der Waals surface area contributed by atoms with Gasteiger partial charge in [0.05, 0.1) is 23.1 Å². The molecule has 34 heavy (non-hydrogen) atoms. The smallest absolute Gasteiger partial charge is 0.312 e. The summed E-state index contributed by atoms with van der Waals surface area (Å²) >= 11 is 5.86. The number of nitrogens with one attached hydrogen (secondary N) is 1. The molecule has 4 aromatic rings. The summed E-state index contributed by atoms with van der Waals surface area (Å²) in [6, 6.07) is 18.0. The fourth-order valence-electron chi connectivity index (χ4n) is 3.32. The Morgan fingerprint density at radius 3 is 2.53 bits per heavy atom. The fourth-order valence-corrected chi connectivity index (χ4v) is 3.54. The van der Waals surface area contributed by atoms with Crippen LogP contribution in [0.25, 0.3) is 10.8 Å². The van der Waals surface area contributed by atoms with E-state index >= 15 is 0 Å². The number of hydrogen-bond donors (Lipinski definition) is 2. The van der Waals surface area contributed by atoms with E-state index < -0.39 is 22.3 Å². The average molecular weight is 478 g/mol. The summed E-state index contributed by atoms with van der Waals surface area (Å²) in [7, 11) is 0. The molecular weight excluding hydrogens is 462 g/mol. The summed E-state index contributed by atoms with van der Waals surface area (Å²) in [4.78, 5) is 36.1. The Morgan fingerprint density at radius 1 is 1.15 bits per heavy atom. The molecule has 3 aromatic carbocycles. The van der Waals surface area contributed by atoms with Gasteiger partial charge in [-0.1, -0.05) is 60.1 Å². The number of aromatic hydroxyl groups is 1. The number of aromatic nitrogens is 2. The SMILES string of the molecule is O=C(N/N=C/c1cc(Cl)cc([N+](=O)[O-])c1O)c1nn(Cc2ccccc2)c(=O)c2ccccc12. The maximum absolute atomic E-state index is 12.9. The summed E-state index contributed by atoms with van der Waals surface area (Å²) in [5, 5.41) is 29.8. The second-order valence-corrected chi connectivity index (χ2v) is 7.60. The standard InChI is InChI=1S/C23H16ClN5O5/c24-16-10-15(21(30)19(11-16)29(33)34)12-25-26-22(31)20-17-8-4-5-9-18(17)23(32)28(27-20)13-14-6-2-1-3-7-14/h1-12,30H,13H2,(H,26,31)/b25-12+. The van der Waals surface area contributed by atoms with Gasteiger partial charge in [0.2, 0.25) is 5.75 Å². The molecule has 170 valence electrons. The molecule has 0 aliphatic carbocycles. The van der Waals surface area contributed by atoms with Crippen molar-refractivity contribution in [1.29, 1.82) is 0 Å². The first kappa shape index (κ1) is 22.6. The molecule has 2 N–H and O–H groups in total. The number of nitrogens with zero attached hydrogens (tertiary/aromatic N) is 4. The number of carbonyl (C=O) groups excluding carboxylic acids is 1. The van der Waals surface area contributed by atoms with Crippen molar-refractivity contribution in [1.82, 2.24) is 15.2 Å². The number of fused-ring (bicyclic) bond motifs is 1. The van der Waals surface area contributed by atoms with Crippen molar-refractivity contribution in [2.45, 2.75) is 6.54 Å². The maximum atomic E-state index is 12.9. The van der Waals surface area contributed by atoms with Crippen molar-refractivity contribution in [2.24, 2.45) is 5.10 Å². The molecule has 0 radical (unpaired) electrons. The van der Waals surface area contributed by atoms with Gasteiger partial charge in [0.25, 0.3) is 11.5 Å². The minimum Gasteiger partial charge on any atom is -0.502 e. The van der Waals surface area contributed by atoms with E-state index in [1.807, 2.05) is 30.3 Å². The lowest BCUT2D eigenvalue weighted by molar-refractivity contribution is -0.385. The largest absolute Gasteiger partial charge is 0.502 e. The number of rotatable bonds is 6. The number of nitro groups is 1. The van der Waals surface area contributed by atoms with Gasteiger partial charge >= 0.3 is 5.69 Å². The number of phenolic OH excluding ortho intramolecular Hbond substituents is 1. The third kappa shape index (κ3) is 4.62. The van der Waals surface area contributed by atoms with Crippen LogP contribution in [0.2, 0.25) is 5.02 Å². The minimum atomic E-state index is -0.789. The molecule has 1 amide bonds. The first-order valence-electron chi connectivity index (χ1n) is 9.89. The average Bonchev–Trinajstić information content (AvgIpc) is 2.83. The van der Waals surface area contributed by atoms with Crippen molar-refractivity contribution >= 4 is 40.2 Å². The third-order valence-corrected chi connectivity index (χ3v) is 5.13. The Morgan fingerprint density at radius 2 is 1.82 bits per heavy atom. The number of carbonyl (C=O) groups is 1. The Hall–Kier alpha value is -4.57. The van der Waals surface area contributed by atoms with Crippen molar-refractivity contribution in [2.75, 3.05) is 0 Å². The highest BCUT2D eigenvalue weighted by atomic mass is 35.5. The van der Waals surface area contributed by atoms with E-state index in [0.29, 0.717) is 10.8 Å². The Bertz CT molecular complexity index is 1500. The van der Waals surface area contributed by atoms with Gasteiger partial charge in [-0.25, -0.2) is 10.1 Å². The fraction of sp³-hybridized carbons (Fsp3) is 0.0435. The van der Waals surface area contributed by atoms with Gasteiger partial charge in [-0.2, -0.15) is 10.2 Å². The van der Waals surface area contributed by atoms with E-state index in [1.54, 1.807) is 24.3 Å². The Labute approximate surface area is 196 Å². The van der Waals surface area contributed by atoms with Crippen LogP contribution in [-0.2, 0) is 6.54 Å². The minimum absolute atomic E-state index is 0.0120. The molecule has 0 atom stereocenters. The molecule has 0 saturated carbocycles. The molecule has 11 heteroatoms. The molecule has 0 aliphatic rings. The highest BCUT2D eigenvalue weighted by Crippen LogP contribution is 2.32. The lowest BCUT2D eigenvalue weighted by Gasteiger charge is -2.10. The molecule has 10 nitrogen and oxygen atoms in total. The van der Waals surface area contributed by atoms with E-state index in [9.17, 15) is 24.8 Å². The Kier molecular flexibility index (Phi) is 6.33. The summed E-state index contributed by atoms with van der Waals surface area (Å²) in [5.41, 5.74) is 2.05. The normalized spacial score (nSPS) is 11.1. The van der Waals surface area contributed by atoms with Gasteiger partial charge in [-0.3, -0.25) is 19.7 Å². The van der Waals surface area contributed by atoms with Crippen molar-refractivity contribution < 1.29 is 14.8 Å². The van der Waals surface area contributed by atoms with E-state index in [-0.39, 0.29) is 28.4 Å². The number of hydrazone groups is 1. The maximum Gasteiger partial charge on any atom is 0.312 e. The molecule has 1 aromatic heterocycles. The number of hydrogen-bond acceptors (Lipinski definition) is 7. The van der Waals surface area contributed by atoms with Crippen LogP contribution in [0.3, 0.4) is 0 Å². The van der Waals surface area contributed by atoms with Gasteiger partial charge < -0.3 is 5.11 Å². The number of nitro benzene ring substituents is 1.